The summed E-state index contributed by atoms with van der Waals surface area (Å²) in [6.07, 6.45) is 4.75. The molecule has 0 fully saturated rings. The van der Waals surface area contributed by atoms with Crippen molar-refractivity contribution >= 4 is 11.9 Å². The smallest absolute Gasteiger partial charge is 0.327 e. The molecule has 0 heterocycles. The molecule has 18 heavy (non-hydrogen) atoms. The number of carbonyl (C=O) groups excluding carboxylic acids is 1. The van der Waals surface area contributed by atoms with Crippen LogP contribution in [0.2, 0.25) is 0 Å². The van der Waals surface area contributed by atoms with Crippen LogP contribution in [-0.2, 0) is 4.79 Å². The van der Waals surface area contributed by atoms with Gasteiger partial charge in [0.15, 0.2) is 11.6 Å². The molecule has 0 unspecified atom stereocenters. The van der Waals surface area contributed by atoms with Gasteiger partial charge in [0.2, 0.25) is 0 Å². The van der Waals surface area contributed by atoms with Gasteiger partial charge in [-0.1, -0.05) is 0 Å². The van der Waals surface area contributed by atoms with E-state index in [-0.39, 0.29) is 12.0 Å². The summed E-state index contributed by atoms with van der Waals surface area (Å²) < 4.78 is 25.5. The molecular formula is C12H9F2NO3. The first kappa shape index (κ1) is 13.6. The zero-order valence-corrected chi connectivity index (χ0v) is 9.11. The van der Waals surface area contributed by atoms with Gasteiger partial charge in [0, 0.05) is 12.0 Å². The molecule has 0 aliphatic carbocycles. The number of hydrogen-bond donors (Lipinski definition) is 2. The molecule has 0 spiro atoms. The van der Waals surface area contributed by atoms with Crippen molar-refractivity contribution in [2.75, 3.05) is 0 Å². The Morgan fingerprint density at radius 1 is 1.39 bits per heavy atom. The average molecular weight is 253 g/mol. The maximum atomic E-state index is 12.9. The van der Waals surface area contributed by atoms with Crippen LogP contribution in [0.3, 0.4) is 0 Å². The maximum absolute atomic E-state index is 12.9. The molecule has 0 aliphatic heterocycles. The molecule has 0 saturated heterocycles. The Kier molecular flexibility index (Phi) is 4.38. The van der Waals surface area contributed by atoms with Gasteiger partial charge in [-0.2, -0.15) is 0 Å². The third kappa shape index (κ3) is 3.28. The molecule has 6 heteroatoms. The zero-order valence-electron chi connectivity index (χ0n) is 9.11. The lowest BCUT2D eigenvalue weighted by Crippen LogP contribution is -2.40. The number of carboxylic acids is 1. The summed E-state index contributed by atoms with van der Waals surface area (Å²) in [6, 6.07) is 1.24. The van der Waals surface area contributed by atoms with Gasteiger partial charge in [0.25, 0.3) is 5.91 Å². The monoisotopic (exact) mass is 253 g/mol. The molecule has 0 bridgehead atoms. The third-order valence-corrected chi connectivity index (χ3v) is 2.11. The van der Waals surface area contributed by atoms with E-state index >= 15 is 0 Å². The summed E-state index contributed by atoms with van der Waals surface area (Å²) in [5.74, 6) is -2.32. The van der Waals surface area contributed by atoms with Crippen molar-refractivity contribution in [3.8, 4) is 12.3 Å². The lowest BCUT2D eigenvalue weighted by molar-refractivity contribution is -0.139. The van der Waals surface area contributed by atoms with Crippen molar-refractivity contribution in [2.45, 2.75) is 12.5 Å². The molecule has 1 amide bonds. The van der Waals surface area contributed by atoms with Crippen LogP contribution in [0.4, 0.5) is 8.78 Å². The predicted molar refractivity (Wildman–Crippen MR) is 58.7 cm³/mol. The normalized spacial score (nSPS) is 11.4. The van der Waals surface area contributed by atoms with Crippen LogP contribution < -0.4 is 5.32 Å². The van der Waals surface area contributed by atoms with Crippen molar-refractivity contribution in [2.24, 2.45) is 0 Å². The zero-order chi connectivity index (χ0) is 13.7. The fourth-order valence-corrected chi connectivity index (χ4v) is 1.20. The molecule has 1 aromatic rings. The van der Waals surface area contributed by atoms with E-state index in [1.54, 1.807) is 0 Å². The van der Waals surface area contributed by atoms with E-state index in [2.05, 4.69) is 11.2 Å². The van der Waals surface area contributed by atoms with Crippen LogP contribution in [0.25, 0.3) is 0 Å². The first-order valence-corrected chi connectivity index (χ1v) is 4.88. The summed E-state index contributed by atoms with van der Waals surface area (Å²) in [4.78, 5) is 22.3. The quantitative estimate of drug-likeness (QED) is 0.791. The number of halogens is 2. The number of carboxylic acid groups (broad SMARTS) is 1. The highest BCUT2D eigenvalue weighted by Gasteiger charge is 2.20. The molecule has 94 valence electrons. The molecular weight excluding hydrogens is 244 g/mol. The Bertz CT molecular complexity index is 523. The molecule has 0 radical (unpaired) electrons. The number of aliphatic carboxylic acids is 1. The highest BCUT2D eigenvalue weighted by Crippen LogP contribution is 2.09. The van der Waals surface area contributed by atoms with Gasteiger partial charge in [-0.05, 0) is 18.2 Å². The van der Waals surface area contributed by atoms with E-state index in [4.69, 9.17) is 11.5 Å². The van der Waals surface area contributed by atoms with Crippen molar-refractivity contribution in [3.63, 3.8) is 0 Å². The second kappa shape index (κ2) is 5.77. The molecule has 1 atom stereocenters. The Hall–Kier alpha value is -2.42. The molecule has 0 aromatic heterocycles. The van der Waals surface area contributed by atoms with E-state index in [1.807, 2.05) is 0 Å². The standard InChI is InChI=1S/C12H9F2NO3/c1-2-3-10(12(17)18)15-11(16)7-4-5-8(13)9(14)6-7/h1,4-6,10H,3H2,(H,15,16)(H,17,18)/t10-/m0/s1. The number of carbonyl (C=O) groups is 2. The van der Waals surface area contributed by atoms with Gasteiger partial charge in [0.1, 0.15) is 6.04 Å². The van der Waals surface area contributed by atoms with Crippen LogP contribution in [0.1, 0.15) is 16.8 Å². The fraction of sp³-hybridized carbons (Fsp3) is 0.167. The van der Waals surface area contributed by atoms with E-state index in [9.17, 15) is 18.4 Å². The van der Waals surface area contributed by atoms with Crippen LogP contribution in [0.15, 0.2) is 18.2 Å². The number of terminal acetylenes is 1. The highest BCUT2D eigenvalue weighted by atomic mass is 19.2. The summed E-state index contributed by atoms with van der Waals surface area (Å²) in [5, 5.41) is 10.9. The van der Waals surface area contributed by atoms with Crippen LogP contribution in [0, 0.1) is 24.0 Å². The van der Waals surface area contributed by atoms with Crippen molar-refractivity contribution in [1.29, 1.82) is 0 Å². The SMILES string of the molecule is C#CC[C@H](NC(=O)c1ccc(F)c(F)c1)C(=O)O. The highest BCUT2D eigenvalue weighted by molar-refractivity contribution is 5.96. The van der Waals surface area contributed by atoms with Crippen LogP contribution in [-0.4, -0.2) is 23.0 Å². The third-order valence-electron chi connectivity index (χ3n) is 2.11. The van der Waals surface area contributed by atoms with Gasteiger partial charge in [0.05, 0.1) is 0 Å². The Labute approximate surface area is 102 Å². The summed E-state index contributed by atoms with van der Waals surface area (Å²) in [6.45, 7) is 0. The van der Waals surface area contributed by atoms with Gasteiger partial charge < -0.3 is 10.4 Å². The van der Waals surface area contributed by atoms with Crippen molar-refractivity contribution in [1.82, 2.24) is 5.32 Å². The number of amides is 1. The molecule has 2 N–H and O–H groups in total. The van der Waals surface area contributed by atoms with E-state index in [0.29, 0.717) is 6.07 Å². The Morgan fingerprint density at radius 2 is 2.06 bits per heavy atom. The second-order valence-electron chi connectivity index (χ2n) is 3.40. The average Bonchev–Trinajstić information content (AvgIpc) is 2.31. The molecule has 0 aliphatic rings. The molecule has 1 aromatic carbocycles. The van der Waals surface area contributed by atoms with Gasteiger partial charge in [-0.25, -0.2) is 13.6 Å². The van der Waals surface area contributed by atoms with Crippen LogP contribution >= 0.6 is 0 Å². The first-order valence-electron chi connectivity index (χ1n) is 4.88. The second-order valence-corrected chi connectivity index (χ2v) is 3.40. The topological polar surface area (TPSA) is 66.4 Å². The van der Waals surface area contributed by atoms with Crippen molar-refractivity contribution in [3.05, 3.63) is 35.4 Å². The van der Waals surface area contributed by atoms with Gasteiger partial charge in [-0.15, -0.1) is 12.3 Å². The molecule has 4 nitrogen and oxygen atoms in total. The number of hydrogen-bond acceptors (Lipinski definition) is 2. The number of rotatable bonds is 4. The van der Waals surface area contributed by atoms with Gasteiger partial charge >= 0.3 is 5.97 Å². The van der Waals surface area contributed by atoms with E-state index in [0.717, 1.165) is 12.1 Å². The minimum atomic E-state index is -1.30. The Balaban J connectivity index is 2.84. The summed E-state index contributed by atoms with van der Waals surface area (Å²) >= 11 is 0. The largest absolute Gasteiger partial charge is 0.480 e. The molecule has 1 rings (SSSR count). The number of benzene rings is 1. The predicted octanol–water partition coefficient (Wildman–Crippen LogP) is 1.17. The van der Waals surface area contributed by atoms with E-state index < -0.39 is 29.6 Å². The first-order chi connectivity index (χ1) is 8.45. The minimum absolute atomic E-state index is 0.183. The maximum Gasteiger partial charge on any atom is 0.327 e. The molecule has 0 saturated carbocycles. The van der Waals surface area contributed by atoms with Gasteiger partial charge in [-0.3, -0.25) is 4.79 Å². The lowest BCUT2D eigenvalue weighted by Gasteiger charge is -2.11. The van der Waals surface area contributed by atoms with E-state index in [1.165, 1.54) is 0 Å². The minimum Gasteiger partial charge on any atom is -0.480 e. The fourth-order valence-electron chi connectivity index (χ4n) is 1.20. The Morgan fingerprint density at radius 3 is 2.56 bits per heavy atom. The summed E-state index contributed by atoms with van der Waals surface area (Å²) in [5.41, 5.74) is -0.183. The number of nitrogens with one attached hydrogen (secondary N) is 1. The van der Waals surface area contributed by atoms with Crippen LogP contribution in [0.5, 0.6) is 0 Å². The summed E-state index contributed by atoms with van der Waals surface area (Å²) in [7, 11) is 0. The lowest BCUT2D eigenvalue weighted by atomic mass is 10.1. The van der Waals surface area contributed by atoms with Crippen molar-refractivity contribution < 1.29 is 23.5 Å².